The van der Waals surface area contributed by atoms with Crippen molar-refractivity contribution in [3.05, 3.63) is 0 Å². The van der Waals surface area contributed by atoms with Gasteiger partial charge in [0.15, 0.2) is 5.78 Å². The van der Waals surface area contributed by atoms with Crippen LogP contribution in [-0.4, -0.2) is 32.0 Å². The van der Waals surface area contributed by atoms with Crippen molar-refractivity contribution in [2.24, 2.45) is 0 Å². The molecule has 0 atom stereocenters. The first-order valence-corrected chi connectivity index (χ1v) is 2.83. The minimum atomic E-state index is 0.252. The number of carbonyl (C=O) groups is 1. The second-order valence-corrected chi connectivity index (χ2v) is 1.89. The largest absolute Gasteiger partial charge is 0.309 e. The average Bonchev–Trinajstić information content (AvgIpc) is 1.94. The molecule has 2 N–H and O–H groups in total. The van der Waals surface area contributed by atoms with E-state index >= 15 is 0 Å². The Bertz CT molecular complexity index is 82.4. The first kappa shape index (κ1) is 5.72. The Labute approximate surface area is 48.5 Å². The predicted molar refractivity (Wildman–Crippen MR) is 30.7 cm³/mol. The molecule has 0 bridgehead atoms. The zero-order chi connectivity index (χ0) is 5.82. The summed E-state index contributed by atoms with van der Waals surface area (Å²) in [5.74, 6) is 0.252. The van der Waals surface area contributed by atoms with Gasteiger partial charge in [-0.15, -0.1) is 0 Å². The maximum absolute atomic E-state index is 10.6. The Morgan fingerprint density at radius 3 is 2.12 bits per heavy atom. The molecule has 1 aliphatic rings. The third-order valence-corrected chi connectivity index (χ3v) is 1.12. The van der Waals surface area contributed by atoms with Crippen molar-refractivity contribution < 1.29 is 4.79 Å². The number of nitrogens with one attached hydrogen (secondary N) is 2. The monoisotopic (exact) mass is 114 g/mol. The predicted octanol–water partition coefficient (Wildman–Crippen LogP) is -1.25. The van der Waals surface area contributed by atoms with E-state index in [0.29, 0.717) is 13.1 Å². The van der Waals surface area contributed by atoms with Gasteiger partial charge in [0.1, 0.15) is 0 Å². The SMILES string of the molecule is O=C1CNCCNC1. The van der Waals surface area contributed by atoms with Gasteiger partial charge in [-0.3, -0.25) is 4.79 Å². The van der Waals surface area contributed by atoms with Crippen molar-refractivity contribution in [2.45, 2.75) is 0 Å². The van der Waals surface area contributed by atoms with Crippen LogP contribution in [0, 0.1) is 0 Å². The molecule has 0 radical (unpaired) electrons. The summed E-state index contributed by atoms with van der Waals surface area (Å²) in [5.41, 5.74) is 0. The molecule has 3 heteroatoms. The van der Waals surface area contributed by atoms with E-state index in [0.717, 1.165) is 13.1 Å². The van der Waals surface area contributed by atoms with Gasteiger partial charge in [0.2, 0.25) is 0 Å². The summed E-state index contributed by atoms with van der Waals surface area (Å²) in [5, 5.41) is 5.97. The molecule has 0 saturated carbocycles. The Balaban J connectivity index is 2.27. The third-order valence-electron chi connectivity index (χ3n) is 1.12. The van der Waals surface area contributed by atoms with E-state index in [1.165, 1.54) is 0 Å². The highest BCUT2D eigenvalue weighted by molar-refractivity contribution is 5.82. The van der Waals surface area contributed by atoms with Crippen LogP contribution in [0.15, 0.2) is 0 Å². The molecule has 0 spiro atoms. The second kappa shape index (κ2) is 2.79. The Morgan fingerprint density at radius 1 is 1.12 bits per heavy atom. The van der Waals surface area contributed by atoms with Gasteiger partial charge in [0.25, 0.3) is 0 Å². The normalized spacial score (nSPS) is 22.8. The van der Waals surface area contributed by atoms with E-state index in [1.54, 1.807) is 0 Å². The van der Waals surface area contributed by atoms with Crippen LogP contribution in [0.25, 0.3) is 0 Å². The number of Topliss-reactive ketones (excluding diaryl/α,β-unsaturated/α-hetero) is 1. The van der Waals surface area contributed by atoms with Crippen LogP contribution in [0.5, 0.6) is 0 Å². The molecule has 1 heterocycles. The molecule has 0 aromatic rings. The number of carbonyl (C=O) groups excluding carboxylic acids is 1. The number of rotatable bonds is 0. The summed E-state index contributed by atoms with van der Waals surface area (Å²) in [6.07, 6.45) is 0. The highest BCUT2D eigenvalue weighted by Gasteiger charge is 2.02. The molecule has 0 aromatic heterocycles. The van der Waals surface area contributed by atoms with Crippen molar-refractivity contribution >= 4 is 5.78 Å². The molecule has 1 fully saturated rings. The van der Waals surface area contributed by atoms with Crippen LogP contribution in [0.4, 0.5) is 0 Å². The first-order chi connectivity index (χ1) is 3.89. The van der Waals surface area contributed by atoms with E-state index in [2.05, 4.69) is 10.6 Å². The van der Waals surface area contributed by atoms with Gasteiger partial charge in [-0.05, 0) is 0 Å². The lowest BCUT2D eigenvalue weighted by molar-refractivity contribution is -0.117. The van der Waals surface area contributed by atoms with Crippen LogP contribution in [0.3, 0.4) is 0 Å². The van der Waals surface area contributed by atoms with Gasteiger partial charge >= 0.3 is 0 Å². The fraction of sp³-hybridized carbons (Fsp3) is 0.800. The molecule has 46 valence electrons. The lowest BCUT2D eigenvalue weighted by Gasteiger charge is -1.91. The standard InChI is InChI=1S/C5H10N2O/c8-5-3-6-1-2-7-4-5/h6-7H,1-4H2. The van der Waals surface area contributed by atoms with Gasteiger partial charge in [-0.1, -0.05) is 0 Å². The summed E-state index contributed by atoms with van der Waals surface area (Å²) < 4.78 is 0. The molecule has 8 heavy (non-hydrogen) atoms. The molecular formula is C5H10N2O. The van der Waals surface area contributed by atoms with Crippen molar-refractivity contribution in [3.63, 3.8) is 0 Å². The van der Waals surface area contributed by atoms with Crippen LogP contribution in [0.1, 0.15) is 0 Å². The second-order valence-electron chi connectivity index (χ2n) is 1.89. The maximum Gasteiger partial charge on any atom is 0.160 e. The molecule has 0 aromatic carbocycles. The van der Waals surface area contributed by atoms with Crippen molar-refractivity contribution in [2.75, 3.05) is 26.2 Å². The van der Waals surface area contributed by atoms with Gasteiger partial charge in [-0.25, -0.2) is 0 Å². The molecule has 0 amide bonds. The lowest BCUT2D eigenvalue weighted by Crippen LogP contribution is -2.22. The fourth-order valence-corrected chi connectivity index (χ4v) is 0.695. The zero-order valence-corrected chi connectivity index (χ0v) is 4.74. The van der Waals surface area contributed by atoms with E-state index in [1.807, 2.05) is 0 Å². The van der Waals surface area contributed by atoms with Crippen LogP contribution < -0.4 is 10.6 Å². The van der Waals surface area contributed by atoms with Crippen LogP contribution in [0.2, 0.25) is 0 Å². The minimum absolute atomic E-state index is 0.252. The summed E-state index contributed by atoms with van der Waals surface area (Å²) in [7, 11) is 0. The summed E-state index contributed by atoms with van der Waals surface area (Å²) in [6.45, 7) is 2.89. The van der Waals surface area contributed by atoms with Gasteiger partial charge < -0.3 is 10.6 Å². The summed E-state index contributed by atoms with van der Waals surface area (Å²) in [6, 6.07) is 0. The molecule has 3 nitrogen and oxygen atoms in total. The molecule has 1 aliphatic heterocycles. The third kappa shape index (κ3) is 1.60. The lowest BCUT2D eigenvalue weighted by atomic mass is 10.4. The number of ketones is 1. The molecular weight excluding hydrogens is 104 g/mol. The highest BCUT2D eigenvalue weighted by atomic mass is 16.1. The van der Waals surface area contributed by atoms with Crippen molar-refractivity contribution in [1.82, 2.24) is 10.6 Å². The van der Waals surface area contributed by atoms with E-state index < -0.39 is 0 Å². The highest BCUT2D eigenvalue weighted by Crippen LogP contribution is 1.72. The Hall–Kier alpha value is -0.410. The molecule has 0 unspecified atom stereocenters. The van der Waals surface area contributed by atoms with Crippen molar-refractivity contribution in [3.8, 4) is 0 Å². The van der Waals surface area contributed by atoms with Crippen LogP contribution >= 0.6 is 0 Å². The summed E-state index contributed by atoms with van der Waals surface area (Å²) >= 11 is 0. The molecule has 0 aliphatic carbocycles. The quantitative estimate of drug-likeness (QED) is 0.413. The van der Waals surface area contributed by atoms with E-state index in [-0.39, 0.29) is 5.78 Å². The Kier molecular flexibility index (Phi) is 2.00. The average molecular weight is 114 g/mol. The fourth-order valence-electron chi connectivity index (χ4n) is 0.695. The van der Waals surface area contributed by atoms with E-state index in [4.69, 9.17) is 0 Å². The Morgan fingerprint density at radius 2 is 1.62 bits per heavy atom. The van der Waals surface area contributed by atoms with Gasteiger partial charge in [0.05, 0.1) is 13.1 Å². The zero-order valence-electron chi connectivity index (χ0n) is 4.74. The topological polar surface area (TPSA) is 41.1 Å². The molecule has 1 saturated heterocycles. The maximum atomic E-state index is 10.6. The smallest absolute Gasteiger partial charge is 0.160 e. The van der Waals surface area contributed by atoms with Gasteiger partial charge in [-0.2, -0.15) is 0 Å². The van der Waals surface area contributed by atoms with Crippen molar-refractivity contribution in [1.29, 1.82) is 0 Å². The van der Waals surface area contributed by atoms with Crippen LogP contribution in [-0.2, 0) is 4.79 Å². The van der Waals surface area contributed by atoms with Gasteiger partial charge in [0, 0.05) is 13.1 Å². The minimum Gasteiger partial charge on any atom is -0.309 e. The first-order valence-electron chi connectivity index (χ1n) is 2.83. The van der Waals surface area contributed by atoms with E-state index in [9.17, 15) is 4.79 Å². The number of hydrogen-bond donors (Lipinski definition) is 2. The summed E-state index contributed by atoms with van der Waals surface area (Å²) in [4.78, 5) is 10.6. The number of hydrogen-bond acceptors (Lipinski definition) is 3. The molecule has 1 rings (SSSR count).